The molecule has 0 atom stereocenters. The SMILES string of the molecule is CCOC(=O)Cc1c([N+](=O)[O-])cc(=O)[nH]c1C(F)F. The normalized spacial score (nSPS) is 10.5. The van der Waals surface area contributed by atoms with Gasteiger partial charge in [0, 0.05) is 0 Å². The van der Waals surface area contributed by atoms with Crippen LogP contribution in [0.25, 0.3) is 0 Å². The second-order valence-corrected chi connectivity index (χ2v) is 3.45. The lowest BCUT2D eigenvalue weighted by Crippen LogP contribution is -2.17. The number of nitrogens with zero attached hydrogens (tertiary/aromatic N) is 1. The fourth-order valence-corrected chi connectivity index (χ4v) is 1.48. The van der Waals surface area contributed by atoms with Crippen molar-refractivity contribution in [1.29, 1.82) is 0 Å². The smallest absolute Gasteiger partial charge is 0.310 e. The molecule has 0 amide bonds. The van der Waals surface area contributed by atoms with Gasteiger partial charge in [-0.15, -0.1) is 0 Å². The average Bonchev–Trinajstić information content (AvgIpc) is 2.30. The summed E-state index contributed by atoms with van der Waals surface area (Å²) < 4.78 is 30.0. The minimum atomic E-state index is -3.14. The highest BCUT2D eigenvalue weighted by atomic mass is 19.3. The van der Waals surface area contributed by atoms with E-state index in [1.165, 1.54) is 6.92 Å². The van der Waals surface area contributed by atoms with Gasteiger partial charge in [-0.05, 0) is 6.92 Å². The molecular weight excluding hydrogens is 266 g/mol. The Labute approximate surface area is 105 Å². The first-order valence-electron chi connectivity index (χ1n) is 5.21. The molecule has 19 heavy (non-hydrogen) atoms. The van der Waals surface area contributed by atoms with Crippen LogP contribution in [0.4, 0.5) is 14.5 Å². The highest BCUT2D eigenvalue weighted by Gasteiger charge is 2.26. The number of alkyl halides is 2. The number of esters is 1. The molecule has 0 aliphatic carbocycles. The van der Waals surface area contributed by atoms with Gasteiger partial charge >= 0.3 is 5.97 Å². The van der Waals surface area contributed by atoms with E-state index < -0.39 is 46.2 Å². The van der Waals surface area contributed by atoms with Crippen molar-refractivity contribution in [3.63, 3.8) is 0 Å². The van der Waals surface area contributed by atoms with E-state index in [1.54, 1.807) is 4.98 Å². The van der Waals surface area contributed by atoms with Gasteiger partial charge in [-0.25, -0.2) is 8.78 Å². The van der Waals surface area contributed by atoms with Gasteiger partial charge in [-0.2, -0.15) is 0 Å². The van der Waals surface area contributed by atoms with Gasteiger partial charge in [0.15, 0.2) is 0 Å². The second kappa shape index (κ2) is 6.03. The third-order valence-electron chi connectivity index (χ3n) is 2.20. The first-order valence-corrected chi connectivity index (χ1v) is 5.21. The molecule has 0 saturated heterocycles. The number of hydrogen-bond donors (Lipinski definition) is 1. The van der Waals surface area contributed by atoms with E-state index in [0.717, 1.165) is 0 Å². The molecule has 1 aromatic heterocycles. The number of aromatic amines is 1. The van der Waals surface area contributed by atoms with Gasteiger partial charge < -0.3 is 9.72 Å². The van der Waals surface area contributed by atoms with E-state index in [-0.39, 0.29) is 6.61 Å². The molecule has 0 fully saturated rings. The Morgan fingerprint density at radius 1 is 1.58 bits per heavy atom. The molecule has 0 aliphatic heterocycles. The first kappa shape index (κ1) is 14.7. The lowest BCUT2D eigenvalue weighted by atomic mass is 10.1. The molecule has 1 aromatic rings. The van der Waals surface area contributed by atoms with Gasteiger partial charge in [0.05, 0.1) is 35.3 Å². The van der Waals surface area contributed by atoms with E-state index in [9.17, 15) is 28.5 Å². The van der Waals surface area contributed by atoms with Gasteiger partial charge in [-0.3, -0.25) is 19.7 Å². The molecule has 104 valence electrons. The number of halogens is 2. The van der Waals surface area contributed by atoms with E-state index in [2.05, 4.69) is 4.74 Å². The Kier molecular flexibility index (Phi) is 4.67. The minimum absolute atomic E-state index is 0.0139. The van der Waals surface area contributed by atoms with Crippen molar-refractivity contribution in [2.24, 2.45) is 0 Å². The Balaban J connectivity index is 3.35. The molecule has 0 aromatic carbocycles. The van der Waals surface area contributed by atoms with Crippen molar-refractivity contribution in [1.82, 2.24) is 4.98 Å². The lowest BCUT2D eigenvalue weighted by molar-refractivity contribution is -0.385. The third-order valence-corrected chi connectivity index (χ3v) is 2.20. The van der Waals surface area contributed by atoms with Crippen LogP contribution in [-0.4, -0.2) is 22.5 Å². The summed E-state index contributed by atoms with van der Waals surface area (Å²) in [6.07, 6.45) is -3.85. The number of carbonyl (C=O) groups excluding carboxylic acids is 1. The predicted molar refractivity (Wildman–Crippen MR) is 59.0 cm³/mol. The number of ether oxygens (including phenoxy) is 1. The summed E-state index contributed by atoms with van der Waals surface area (Å²) in [5.41, 5.74) is -3.34. The summed E-state index contributed by atoms with van der Waals surface area (Å²) in [4.78, 5) is 33.9. The van der Waals surface area contributed by atoms with E-state index in [1.807, 2.05) is 0 Å². The second-order valence-electron chi connectivity index (χ2n) is 3.45. The van der Waals surface area contributed by atoms with Crippen LogP contribution in [0, 0.1) is 10.1 Å². The van der Waals surface area contributed by atoms with E-state index >= 15 is 0 Å². The standard InChI is InChI=1S/C10H10F2N2O5/c1-2-19-8(16)3-5-6(14(17)18)4-7(15)13-9(5)10(11)12/h4,10H,2-3H2,1H3,(H,13,15). The number of pyridine rings is 1. The van der Waals surface area contributed by atoms with Gasteiger partial charge in [0.1, 0.15) is 0 Å². The van der Waals surface area contributed by atoms with Crippen LogP contribution in [0.15, 0.2) is 10.9 Å². The Hall–Kier alpha value is -2.32. The van der Waals surface area contributed by atoms with Gasteiger partial charge in [0.25, 0.3) is 17.7 Å². The van der Waals surface area contributed by atoms with Crippen molar-refractivity contribution in [2.45, 2.75) is 19.8 Å². The van der Waals surface area contributed by atoms with Crippen LogP contribution in [0.2, 0.25) is 0 Å². The van der Waals surface area contributed by atoms with Crippen LogP contribution >= 0.6 is 0 Å². The quantitative estimate of drug-likeness (QED) is 0.496. The number of hydrogen-bond acceptors (Lipinski definition) is 5. The molecule has 7 nitrogen and oxygen atoms in total. The molecule has 0 saturated carbocycles. The van der Waals surface area contributed by atoms with Crippen molar-refractivity contribution >= 4 is 11.7 Å². The zero-order chi connectivity index (χ0) is 14.6. The van der Waals surface area contributed by atoms with Crippen molar-refractivity contribution in [2.75, 3.05) is 6.61 Å². The fourth-order valence-electron chi connectivity index (χ4n) is 1.48. The fraction of sp³-hybridized carbons (Fsp3) is 0.400. The highest BCUT2D eigenvalue weighted by molar-refractivity contribution is 5.74. The first-order chi connectivity index (χ1) is 8.86. The van der Waals surface area contributed by atoms with Crippen molar-refractivity contribution in [3.8, 4) is 0 Å². The average molecular weight is 276 g/mol. The number of rotatable bonds is 5. The maximum atomic E-state index is 12.7. The number of nitro groups is 1. The summed E-state index contributed by atoms with van der Waals surface area (Å²) in [6.45, 7) is 1.52. The lowest BCUT2D eigenvalue weighted by Gasteiger charge is -2.08. The molecule has 1 N–H and O–H groups in total. The van der Waals surface area contributed by atoms with Crippen LogP contribution in [0.5, 0.6) is 0 Å². The zero-order valence-corrected chi connectivity index (χ0v) is 9.81. The number of nitrogens with one attached hydrogen (secondary N) is 1. The molecule has 0 unspecified atom stereocenters. The van der Waals surface area contributed by atoms with E-state index in [4.69, 9.17) is 0 Å². The summed E-state index contributed by atoms with van der Waals surface area (Å²) in [7, 11) is 0. The van der Waals surface area contributed by atoms with Crippen LogP contribution in [-0.2, 0) is 16.0 Å². The van der Waals surface area contributed by atoms with Crippen LogP contribution in [0.1, 0.15) is 24.6 Å². The number of aromatic nitrogens is 1. The van der Waals surface area contributed by atoms with Crippen molar-refractivity contribution in [3.05, 3.63) is 37.8 Å². The minimum Gasteiger partial charge on any atom is -0.466 e. The molecule has 0 aliphatic rings. The molecule has 0 spiro atoms. The highest BCUT2D eigenvalue weighted by Crippen LogP contribution is 2.27. The molecule has 1 rings (SSSR count). The van der Waals surface area contributed by atoms with E-state index in [0.29, 0.717) is 6.07 Å². The monoisotopic (exact) mass is 276 g/mol. The van der Waals surface area contributed by atoms with Crippen LogP contribution < -0.4 is 5.56 Å². The summed E-state index contributed by atoms with van der Waals surface area (Å²) in [6, 6.07) is 0.556. The maximum Gasteiger partial charge on any atom is 0.310 e. The molecular formula is C10H10F2N2O5. The Bertz CT molecular complexity index is 555. The van der Waals surface area contributed by atoms with Gasteiger partial charge in [0.2, 0.25) is 0 Å². The summed E-state index contributed by atoms with van der Waals surface area (Å²) >= 11 is 0. The predicted octanol–water partition coefficient (Wildman–Crippen LogP) is 1.33. The molecule has 9 heteroatoms. The largest absolute Gasteiger partial charge is 0.466 e. The summed E-state index contributed by atoms with van der Waals surface area (Å²) in [5.74, 6) is -0.889. The maximum absolute atomic E-state index is 12.7. The number of carbonyl (C=O) groups is 1. The molecule has 0 bridgehead atoms. The number of H-pyrrole nitrogens is 1. The topological polar surface area (TPSA) is 102 Å². The Morgan fingerprint density at radius 3 is 2.68 bits per heavy atom. The molecule has 1 heterocycles. The van der Waals surface area contributed by atoms with Crippen molar-refractivity contribution < 1.29 is 23.2 Å². The van der Waals surface area contributed by atoms with Crippen LogP contribution in [0.3, 0.4) is 0 Å². The summed E-state index contributed by atoms with van der Waals surface area (Å²) in [5, 5.41) is 10.7. The van der Waals surface area contributed by atoms with Gasteiger partial charge in [-0.1, -0.05) is 0 Å². The zero-order valence-electron chi connectivity index (χ0n) is 9.81. The third kappa shape index (κ3) is 3.57. The Morgan fingerprint density at radius 2 is 2.21 bits per heavy atom. The molecule has 0 radical (unpaired) electrons.